The minimum absolute atomic E-state index is 0.109. The van der Waals surface area contributed by atoms with Gasteiger partial charge in [-0.1, -0.05) is 29.3 Å². The van der Waals surface area contributed by atoms with Crippen molar-refractivity contribution in [3.8, 4) is 11.8 Å². The van der Waals surface area contributed by atoms with E-state index in [9.17, 15) is 14.9 Å². The predicted octanol–water partition coefficient (Wildman–Crippen LogP) is 3.40. The van der Waals surface area contributed by atoms with Crippen molar-refractivity contribution in [1.82, 2.24) is 0 Å². The van der Waals surface area contributed by atoms with E-state index in [4.69, 9.17) is 33.7 Å². The van der Waals surface area contributed by atoms with Crippen molar-refractivity contribution in [1.29, 1.82) is 5.26 Å². The van der Waals surface area contributed by atoms with Gasteiger partial charge < -0.3 is 15.8 Å². The van der Waals surface area contributed by atoms with E-state index in [-0.39, 0.29) is 23.0 Å². The number of rotatable bonds is 6. The van der Waals surface area contributed by atoms with Gasteiger partial charge in [-0.05, 0) is 48.0 Å². The molecule has 0 bridgehead atoms. The fourth-order valence-electron chi connectivity index (χ4n) is 1.92. The van der Waals surface area contributed by atoms with Crippen molar-refractivity contribution in [3.63, 3.8) is 0 Å². The van der Waals surface area contributed by atoms with E-state index in [2.05, 4.69) is 5.32 Å². The van der Waals surface area contributed by atoms with Gasteiger partial charge in [0.1, 0.15) is 17.4 Å². The van der Waals surface area contributed by atoms with Crippen molar-refractivity contribution in [2.24, 2.45) is 5.73 Å². The van der Waals surface area contributed by atoms with Gasteiger partial charge in [-0.15, -0.1) is 0 Å². The first-order valence-corrected chi connectivity index (χ1v) is 8.04. The van der Waals surface area contributed by atoms with Crippen LogP contribution in [-0.2, 0) is 9.59 Å². The number of anilines is 1. The third-order valence-corrected chi connectivity index (χ3v) is 3.65. The number of nitriles is 1. The molecular formula is C18H13Cl2N3O3. The number of halogens is 2. The highest BCUT2D eigenvalue weighted by atomic mass is 35.5. The summed E-state index contributed by atoms with van der Waals surface area (Å²) in [6, 6.07) is 12.9. The third-order valence-electron chi connectivity index (χ3n) is 3.10. The average Bonchev–Trinajstić information content (AvgIpc) is 2.60. The maximum Gasteiger partial charge on any atom is 0.266 e. The highest BCUT2D eigenvalue weighted by Crippen LogP contribution is 2.26. The van der Waals surface area contributed by atoms with Gasteiger partial charge in [-0.3, -0.25) is 9.59 Å². The second-order valence-electron chi connectivity index (χ2n) is 5.08. The first kappa shape index (κ1) is 19.3. The van der Waals surface area contributed by atoms with Crippen LogP contribution in [0.25, 0.3) is 6.08 Å². The first-order chi connectivity index (χ1) is 12.4. The fraction of sp³-hybridized carbons (Fsp3) is 0.0556. The van der Waals surface area contributed by atoms with Crippen LogP contribution in [0.2, 0.25) is 10.0 Å². The van der Waals surface area contributed by atoms with Crippen LogP contribution in [0.5, 0.6) is 5.75 Å². The van der Waals surface area contributed by atoms with Crippen molar-refractivity contribution in [2.75, 3.05) is 11.9 Å². The van der Waals surface area contributed by atoms with Crippen molar-refractivity contribution >= 4 is 46.8 Å². The molecule has 3 N–H and O–H groups in total. The Morgan fingerprint density at radius 2 is 1.88 bits per heavy atom. The number of amides is 2. The number of benzene rings is 2. The van der Waals surface area contributed by atoms with E-state index in [1.165, 1.54) is 18.2 Å². The molecule has 2 amide bonds. The monoisotopic (exact) mass is 389 g/mol. The summed E-state index contributed by atoms with van der Waals surface area (Å²) >= 11 is 11.8. The summed E-state index contributed by atoms with van der Waals surface area (Å²) in [5.74, 6) is -0.928. The van der Waals surface area contributed by atoms with Crippen LogP contribution in [-0.4, -0.2) is 18.4 Å². The Bertz CT molecular complexity index is 903. The number of hydrogen-bond donors (Lipinski definition) is 2. The number of nitrogens with two attached hydrogens (primary N) is 1. The normalized spacial score (nSPS) is 10.7. The summed E-state index contributed by atoms with van der Waals surface area (Å²) < 4.78 is 5.14. The maximum absolute atomic E-state index is 12.2. The van der Waals surface area contributed by atoms with E-state index < -0.39 is 11.8 Å². The minimum Gasteiger partial charge on any atom is -0.482 e. The Morgan fingerprint density at radius 3 is 2.46 bits per heavy atom. The second kappa shape index (κ2) is 8.90. The molecule has 0 spiro atoms. The molecule has 0 aliphatic rings. The fourth-order valence-corrected chi connectivity index (χ4v) is 2.29. The SMILES string of the molecule is N#C/C(=C\c1ccc(OCC(N)=O)c(Cl)c1)C(=O)Nc1ccc(Cl)cc1. The van der Waals surface area contributed by atoms with Crippen molar-refractivity contribution < 1.29 is 14.3 Å². The standard InChI is InChI=1S/C18H13Cl2N3O3/c19-13-2-4-14(5-3-13)23-18(25)12(9-21)7-11-1-6-16(15(20)8-11)26-10-17(22)24/h1-8H,10H2,(H2,22,24)(H,23,25)/b12-7+. The van der Waals surface area contributed by atoms with E-state index in [0.717, 1.165) is 0 Å². The number of nitrogens with one attached hydrogen (secondary N) is 1. The quantitative estimate of drug-likeness (QED) is 0.583. The first-order valence-electron chi connectivity index (χ1n) is 7.28. The number of carbonyl (C=O) groups is 2. The molecule has 0 radical (unpaired) electrons. The molecular weight excluding hydrogens is 377 g/mol. The molecule has 0 fully saturated rings. The van der Waals surface area contributed by atoms with Gasteiger partial charge in [0.15, 0.2) is 6.61 Å². The molecule has 0 saturated carbocycles. The Morgan fingerprint density at radius 1 is 1.19 bits per heavy atom. The minimum atomic E-state index is -0.629. The van der Waals surface area contributed by atoms with E-state index in [0.29, 0.717) is 16.3 Å². The number of ether oxygens (including phenoxy) is 1. The van der Waals surface area contributed by atoms with Gasteiger partial charge in [-0.2, -0.15) is 5.26 Å². The zero-order valence-electron chi connectivity index (χ0n) is 13.3. The lowest BCUT2D eigenvalue weighted by atomic mass is 10.1. The average molecular weight is 390 g/mol. The Labute approximate surface area is 159 Å². The molecule has 0 aliphatic heterocycles. The highest BCUT2D eigenvalue weighted by molar-refractivity contribution is 6.32. The zero-order chi connectivity index (χ0) is 19.1. The lowest BCUT2D eigenvalue weighted by Crippen LogP contribution is -2.20. The molecule has 0 atom stereocenters. The van der Waals surface area contributed by atoms with Gasteiger partial charge in [-0.25, -0.2) is 0 Å². The predicted molar refractivity (Wildman–Crippen MR) is 99.8 cm³/mol. The zero-order valence-corrected chi connectivity index (χ0v) is 14.8. The lowest BCUT2D eigenvalue weighted by Gasteiger charge is -2.07. The van der Waals surface area contributed by atoms with Crippen LogP contribution in [0.3, 0.4) is 0 Å². The highest BCUT2D eigenvalue weighted by Gasteiger charge is 2.11. The molecule has 2 aromatic rings. The molecule has 8 heteroatoms. The number of hydrogen-bond acceptors (Lipinski definition) is 4. The Hall–Kier alpha value is -3.01. The Kier molecular flexibility index (Phi) is 6.61. The second-order valence-corrected chi connectivity index (χ2v) is 5.92. The van der Waals surface area contributed by atoms with Crippen LogP contribution in [0.4, 0.5) is 5.69 Å². The third kappa shape index (κ3) is 5.52. The van der Waals surface area contributed by atoms with Gasteiger partial charge >= 0.3 is 0 Å². The molecule has 0 aromatic heterocycles. The molecule has 0 unspecified atom stereocenters. The van der Waals surface area contributed by atoms with Crippen LogP contribution >= 0.6 is 23.2 Å². The van der Waals surface area contributed by atoms with Crippen molar-refractivity contribution in [3.05, 3.63) is 63.6 Å². The lowest BCUT2D eigenvalue weighted by molar-refractivity contribution is -0.120. The summed E-state index contributed by atoms with van der Waals surface area (Å²) in [7, 11) is 0. The van der Waals surface area contributed by atoms with E-state index in [1.807, 2.05) is 6.07 Å². The number of primary amides is 1. The molecule has 26 heavy (non-hydrogen) atoms. The maximum atomic E-state index is 12.2. The Balaban J connectivity index is 2.15. The molecule has 2 aromatic carbocycles. The summed E-state index contributed by atoms with van der Waals surface area (Å²) in [5.41, 5.74) is 5.92. The summed E-state index contributed by atoms with van der Waals surface area (Å²) in [6.45, 7) is -0.304. The van der Waals surface area contributed by atoms with Crippen molar-refractivity contribution in [2.45, 2.75) is 0 Å². The smallest absolute Gasteiger partial charge is 0.266 e. The largest absolute Gasteiger partial charge is 0.482 e. The van der Waals surface area contributed by atoms with Crippen LogP contribution in [0, 0.1) is 11.3 Å². The summed E-state index contributed by atoms with van der Waals surface area (Å²) in [4.78, 5) is 23.0. The van der Waals surface area contributed by atoms with Crippen LogP contribution in [0.1, 0.15) is 5.56 Å². The van der Waals surface area contributed by atoms with Crippen LogP contribution in [0.15, 0.2) is 48.0 Å². The van der Waals surface area contributed by atoms with Gasteiger partial charge in [0.05, 0.1) is 5.02 Å². The molecule has 0 saturated heterocycles. The van der Waals surface area contributed by atoms with Gasteiger partial charge in [0, 0.05) is 10.7 Å². The van der Waals surface area contributed by atoms with E-state index in [1.54, 1.807) is 30.3 Å². The van der Waals surface area contributed by atoms with Crippen LogP contribution < -0.4 is 15.8 Å². The molecule has 132 valence electrons. The summed E-state index contributed by atoms with van der Waals surface area (Å²) in [5, 5.41) is 12.6. The molecule has 0 heterocycles. The van der Waals surface area contributed by atoms with Gasteiger partial charge in [0.2, 0.25) is 0 Å². The van der Waals surface area contributed by atoms with Gasteiger partial charge in [0.25, 0.3) is 11.8 Å². The molecule has 2 rings (SSSR count). The molecule has 6 nitrogen and oxygen atoms in total. The number of carbonyl (C=O) groups excluding carboxylic acids is 2. The topological polar surface area (TPSA) is 105 Å². The molecule has 0 aliphatic carbocycles. The number of nitrogens with zero attached hydrogens (tertiary/aromatic N) is 1. The van der Waals surface area contributed by atoms with E-state index >= 15 is 0 Å². The summed E-state index contributed by atoms with van der Waals surface area (Å²) in [6.07, 6.45) is 1.38.